The maximum atomic E-state index is 5.92. The van der Waals surface area contributed by atoms with Crippen molar-refractivity contribution in [1.82, 2.24) is 9.97 Å². The monoisotopic (exact) mass is 325 g/mol. The van der Waals surface area contributed by atoms with Gasteiger partial charge in [0, 0.05) is 11.4 Å². The number of nitrogen functional groups attached to an aromatic ring is 1. The molecule has 3 heterocycles. The molecule has 0 amide bonds. The topological polar surface area (TPSA) is 75.9 Å². The van der Waals surface area contributed by atoms with E-state index in [0.717, 1.165) is 33.3 Å². The van der Waals surface area contributed by atoms with Crippen molar-refractivity contribution < 1.29 is 0 Å². The van der Waals surface area contributed by atoms with Gasteiger partial charge in [0.25, 0.3) is 0 Å². The van der Waals surface area contributed by atoms with E-state index in [-0.39, 0.29) is 0 Å². The zero-order valence-electron chi connectivity index (χ0n) is 10.4. The van der Waals surface area contributed by atoms with Crippen molar-refractivity contribution in [3.05, 3.63) is 32.8 Å². The molecule has 0 bridgehead atoms. The van der Waals surface area contributed by atoms with E-state index in [0.29, 0.717) is 5.95 Å². The van der Waals surface area contributed by atoms with Gasteiger partial charge in [0.15, 0.2) is 0 Å². The summed E-state index contributed by atoms with van der Waals surface area (Å²) >= 11 is 9.08. The fourth-order valence-corrected chi connectivity index (χ4v) is 3.70. The van der Waals surface area contributed by atoms with E-state index < -0.39 is 0 Å². The lowest BCUT2D eigenvalue weighted by atomic mass is 10.3. The summed E-state index contributed by atoms with van der Waals surface area (Å²) in [4.78, 5) is 10.8. The minimum atomic E-state index is 0.418. The lowest BCUT2D eigenvalue weighted by Gasteiger charge is -2.07. The van der Waals surface area contributed by atoms with Gasteiger partial charge in [0.1, 0.15) is 10.6 Å². The van der Waals surface area contributed by atoms with Crippen molar-refractivity contribution in [2.45, 2.75) is 6.42 Å². The summed E-state index contributed by atoms with van der Waals surface area (Å²) in [6.07, 6.45) is 0.901. The zero-order valence-corrected chi connectivity index (χ0v) is 12.8. The molecule has 3 aromatic rings. The lowest BCUT2D eigenvalue weighted by molar-refractivity contribution is 1.03. The molecule has 0 fully saturated rings. The number of aromatic nitrogens is 2. The highest BCUT2D eigenvalue weighted by molar-refractivity contribution is 7.17. The van der Waals surface area contributed by atoms with Crippen molar-refractivity contribution in [3.63, 3.8) is 0 Å². The molecule has 0 saturated heterocycles. The Kier molecular flexibility index (Phi) is 4.02. The van der Waals surface area contributed by atoms with E-state index in [1.807, 2.05) is 23.6 Å². The molecule has 3 aromatic heterocycles. The summed E-state index contributed by atoms with van der Waals surface area (Å²) in [7, 11) is 0. The highest BCUT2D eigenvalue weighted by atomic mass is 35.5. The Morgan fingerprint density at radius 3 is 2.90 bits per heavy atom. The maximum absolute atomic E-state index is 5.92. The normalized spacial score (nSPS) is 10.9. The van der Waals surface area contributed by atoms with Gasteiger partial charge >= 0.3 is 0 Å². The molecule has 0 aliphatic carbocycles. The number of fused-ring (bicyclic) bond motifs is 1. The van der Waals surface area contributed by atoms with Crippen LogP contribution in [0.4, 0.5) is 11.8 Å². The quantitative estimate of drug-likeness (QED) is 0.495. The first-order chi connectivity index (χ1) is 9.76. The number of nitrogens with two attached hydrogens (primary N) is 1. The van der Waals surface area contributed by atoms with Crippen LogP contribution in [0.15, 0.2) is 23.6 Å². The fourth-order valence-electron chi connectivity index (χ4n) is 1.84. The Labute approximate surface area is 128 Å². The molecule has 3 rings (SSSR count). The summed E-state index contributed by atoms with van der Waals surface area (Å²) in [6.45, 7) is 0.781. The van der Waals surface area contributed by atoms with Gasteiger partial charge in [-0.05, 0) is 30.0 Å². The van der Waals surface area contributed by atoms with E-state index in [9.17, 15) is 0 Å². The smallest absolute Gasteiger partial charge is 0.240 e. The standard InChI is InChI=1S/C12H12ClN5S2/c13-9-2-1-7(20-9)3-5-15-10-8-4-6-19-11(8)17-12(16-10)18-14/h1-2,4,6H,3,5,14H2,(H2,15,16,17,18). The van der Waals surface area contributed by atoms with Gasteiger partial charge in [-0.15, -0.1) is 22.7 Å². The first-order valence-corrected chi connectivity index (χ1v) is 8.03. The van der Waals surface area contributed by atoms with E-state index in [1.165, 1.54) is 4.88 Å². The first-order valence-electron chi connectivity index (χ1n) is 5.96. The van der Waals surface area contributed by atoms with Crippen molar-refractivity contribution in [2.75, 3.05) is 17.3 Å². The van der Waals surface area contributed by atoms with Crippen LogP contribution in [0.1, 0.15) is 4.88 Å². The number of hydrazine groups is 1. The van der Waals surface area contributed by atoms with Gasteiger partial charge in [0.05, 0.1) is 9.72 Å². The maximum Gasteiger partial charge on any atom is 0.240 e. The highest BCUT2D eigenvalue weighted by Gasteiger charge is 2.08. The summed E-state index contributed by atoms with van der Waals surface area (Å²) in [5.74, 6) is 6.61. The van der Waals surface area contributed by atoms with Crippen molar-refractivity contribution >= 4 is 56.3 Å². The van der Waals surface area contributed by atoms with Crippen LogP contribution in [0.25, 0.3) is 10.2 Å². The van der Waals surface area contributed by atoms with E-state index in [4.69, 9.17) is 17.4 Å². The van der Waals surface area contributed by atoms with Gasteiger partial charge in [0.2, 0.25) is 5.95 Å². The Bertz CT molecular complexity index is 724. The summed E-state index contributed by atoms with van der Waals surface area (Å²) < 4.78 is 0.817. The molecule has 5 nitrogen and oxygen atoms in total. The molecule has 0 aliphatic rings. The van der Waals surface area contributed by atoms with Gasteiger partial charge in [-0.3, -0.25) is 5.43 Å². The third-order valence-electron chi connectivity index (χ3n) is 2.75. The van der Waals surface area contributed by atoms with Crippen LogP contribution in [0.5, 0.6) is 0 Å². The number of rotatable bonds is 5. The van der Waals surface area contributed by atoms with Crippen LogP contribution in [0.2, 0.25) is 4.34 Å². The number of hydrogen-bond donors (Lipinski definition) is 3. The molecule has 0 unspecified atom stereocenters. The average Bonchev–Trinajstić information content (AvgIpc) is 3.07. The molecule has 4 N–H and O–H groups in total. The molecular formula is C12H12ClN5S2. The van der Waals surface area contributed by atoms with E-state index in [2.05, 4.69) is 20.7 Å². The van der Waals surface area contributed by atoms with Gasteiger partial charge in [-0.2, -0.15) is 4.98 Å². The molecule has 8 heteroatoms. The highest BCUT2D eigenvalue weighted by Crippen LogP contribution is 2.26. The molecule has 0 radical (unpaired) electrons. The van der Waals surface area contributed by atoms with Crippen LogP contribution in [-0.4, -0.2) is 16.5 Å². The van der Waals surface area contributed by atoms with Gasteiger partial charge in [-0.1, -0.05) is 11.6 Å². The van der Waals surface area contributed by atoms with Crippen LogP contribution in [-0.2, 0) is 6.42 Å². The van der Waals surface area contributed by atoms with Crippen molar-refractivity contribution in [2.24, 2.45) is 5.84 Å². The molecule has 104 valence electrons. The SMILES string of the molecule is NNc1nc(NCCc2ccc(Cl)s2)c2ccsc2n1. The second-order valence-corrected chi connectivity index (χ2v) is 6.76. The van der Waals surface area contributed by atoms with Crippen LogP contribution >= 0.6 is 34.3 Å². The molecular weight excluding hydrogens is 314 g/mol. The number of thiophene rings is 2. The summed E-state index contributed by atoms with van der Waals surface area (Å²) in [6, 6.07) is 5.96. The third kappa shape index (κ3) is 2.85. The minimum absolute atomic E-state index is 0.418. The molecule has 0 aliphatic heterocycles. The third-order valence-corrected chi connectivity index (χ3v) is 4.84. The Morgan fingerprint density at radius 2 is 2.15 bits per heavy atom. The average molecular weight is 326 g/mol. The van der Waals surface area contributed by atoms with Crippen LogP contribution in [0.3, 0.4) is 0 Å². The Morgan fingerprint density at radius 1 is 1.25 bits per heavy atom. The molecule has 0 aromatic carbocycles. The molecule has 0 saturated carbocycles. The second kappa shape index (κ2) is 5.92. The number of nitrogens with zero attached hydrogens (tertiary/aromatic N) is 2. The van der Waals surface area contributed by atoms with Crippen molar-refractivity contribution in [3.8, 4) is 0 Å². The van der Waals surface area contributed by atoms with Gasteiger partial charge < -0.3 is 5.32 Å². The zero-order chi connectivity index (χ0) is 13.9. The fraction of sp³-hybridized carbons (Fsp3) is 0.167. The number of hydrogen-bond acceptors (Lipinski definition) is 7. The first kappa shape index (κ1) is 13.6. The molecule has 20 heavy (non-hydrogen) atoms. The Hall–Kier alpha value is -1.41. The second-order valence-electron chi connectivity index (χ2n) is 4.06. The van der Waals surface area contributed by atoms with Crippen LogP contribution in [0, 0.1) is 0 Å². The lowest BCUT2D eigenvalue weighted by Crippen LogP contribution is -2.13. The molecule has 0 spiro atoms. The van der Waals surface area contributed by atoms with Crippen molar-refractivity contribution in [1.29, 1.82) is 0 Å². The predicted molar refractivity (Wildman–Crippen MR) is 86.7 cm³/mol. The number of halogens is 1. The van der Waals surface area contributed by atoms with Gasteiger partial charge in [-0.25, -0.2) is 10.8 Å². The van der Waals surface area contributed by atoms with Crippen LogP contribution < -0.4 is 16.6 Å². The summed E-state index contributed by atoms with van der Waals surface area (Å²) in [5.41, 5.74) is 2.49. The largest absolute Gasteiger partial charge is 0.369 e. The molecule has 0 atom stereocenters. The number of anilines is 2. The number of nitrogens with one attached hydrogen (secondary N) is 2. The van der Waals surface area contributed by atoms with E-state index in [1.54, 1.807) is 22.7 Å². The summed E-state index contributed by atoms with van der Waals surface area (Å²) in [5, 5.41) is 6.33. The van der Waals surface area contributed by atoms with E-state index >= 15 is 0 Å². The minimum Gasteiger partial charge on any atom is -0.369 e. The predicted octanol–water partition coefficient (Wildman–Crippen LogP) is 3.35. The Balaban J connectivity index is 1.74.